The van der Waals surface area contributed by atoms with Gasteiger partial charge in [-0.25, -0.2) is 0 Å². The molecular formula is C39H45N3O3S. The summed E-state index contributed by atoms with van der Waals surface area (Å²) in [6.45, 7) is 1.97. The Morgan fingerprint density at radius 1 is 0.891 bits per heavy atom. The van der Waals surface area contributed by atoms with Gasteiger partial charge in [0.15, 0.2) is 0 Å². The molecule has 1 heterocycles. The highest BCUT2D eigenvalue weighted by Crippen LogP contribution is 2.48. The second-order valence-corrected chi connectivity index (χ2v) is 14.0. The highest BCUT2D eigenvalue weighted by Gasteiger charge is 2.43. The largest absolute Gasteiger partial charge is 0.496 e. The average molecular weight is 636 g/mol. The number of nitrogens with zero attached hydrogens (tertiary/aromatic N) is 1. The van der Waals surface area contributed by atoms with Crippen molar-refractivity contribution in [2.75, 3.05) is 26.7 Å². The maximum atomic E-state index is 14.1. The van der Waals surface area contributed by atoms with Crippen LogP contribution in [0.5, 0.6) is 5.75 Å². The minimum atomic E-state index is -0.436. The molecule has 2 amide bonds. The SMILES string of the molecule is COc1cccc2cccc(C3SC(CC(=O)NCCC(c4ccccc4)c4ccccc4)C(=O)N3CC3CCC(CN)CC3)c12. The predicted octanol–water partition coefficient (Wildman–Crippen LogP) is 7.28. The number of benzene rings is 4. The van der Waals surface area contributed by atoms with Gasteiger partial charge in [-0.15, -0.1) is 11.8 Å². The number of fused-ring (bicyclic) bond motifs is 1. The summed E-state index contributed by atoms with van der Waals surface area (Å²) in [6, 6.07) is 33.2. The zero-order chi connectivity index (χ0) is 31.9. The zero-order valence-corrected chi connectivity index (χ0v) is 27.5. The molecule has 2 fully saturated rings. The van der Waals surface area contributed by atoms with Gasteiger partial charge in [0.25, 0.3) is 0 Å². The van der Waals surface area contributed by atoms with Crippen LogP contribution in [-0.4, -0.2) is 48.7 Å². The van der Waals surface area contributed by atoms with Crippen LogP contribution in [0.3, 0.4) is 0 Å². The van der Waals surface area contributed by atoms with Crippen LogP contribution in [0.25, 0.3) is 10.8 Å². The molecule has 1 aliphatic carbocycles. The normalized spacial score (nSPS) is 21.5. The fraction of sp³-hybridized carbons (Fsp3) is 0.385. The van der Waals surface area contributed by atoms with Gasteiger partial charge in [0, 0.05) is 30.8 Å². The summed E-state index contributed by atoms with van der Waals surface area (Å²) < 4.78 is 5.79. The molecule has 1 aliphatic heterocycles. The van der Waals surface area contributed by atoms with Crippen molar-refractivity contribution in [1.82, 2.24) is 10.2 Å². The Hall–Kier alpha value is -3.81. The van der Waals surface area contributed by atoms with E-state index in [4.69, 9.17) is 10.5 Å². The van der Waals surface area contributed by atoms with Crippen molar-refractivity contribution in [2.45, 2.75) is 55.1 Å². The van der Waals surface area contributed by atoms with Crippen molar-refractivity contribution < 1.29 is 14.3 Å². The fourth-order valence-corrected chi connectivity index (χ4v) is 8.77. The van der Waals surface area contributed by atoms with E-state index in [1.807, 2.05) is 24.3 Å². The van der Waals surface area contributed by atoms with E-state index in [1.54, 1.807) is 18.9 Å². The molecule has 1 saturated heterocycles. The van der Waals surface area contributed by atoms with E-state index in [1.165, 1.54) is 11.1 Å². The van der Waals surface area contributed by atoms with E-state index < -0.39 is 5.25 Å². The van der Waals surface area contributed by atoms with E-state index in [-0.39, 0.29) is 29.5 Å². The Balaban J connectivity index is 1.17. The minimum Gasteiger partial charge on any atom is -0.496 e. The third-order valence-corrected chi connectivity index (χ3v) is 11.3. The standard InChI is InChI=1S/C39H45N3O3S/c1-45-34-17-9-15-31-14-8-16-33(37(31)34)39-42(26-28-20-18-27(25-40)19-21-28)38(44)35(46-39)24-36(43)41-23-22-32(29-10-4-2-5-11-29)30-12-6-3-7-13-30/h2-17,27-28,32,35,39H,18-26,40H2,1H3,(H,41,43). The van der Waals surface area contributed by atoms with Gasteiger partial charge in [0.05, 0.1) is 12.4 Å². The predicted molar refractivity (Wildman–Crippen MR) is 188 cm³/mol. The van der Waals surface area contributed by atoms with Crippen LogP contribution in [-0.2, 0) is 9.59 Å². The maximum Gasteiger partial charge on any atom is 0.237 e. The molecule has 2 unspecified atom stereocenters. The van der Waals surface area contributed by atoms with Gasteiger partial charge < -0.3 is 20.7 Å². The Bertz CT molecular complexity index is 1560. The van der Waals surface area contributed by atoms with E-state index in [2.05, 4.69) is 83.0 Å². The molecule has 3 N–H and O–H groups in total. The number of ether oxygens (including phenoxy) is 1. The van der Waals surface area contributed by atoms with E-state index >= 15 is 0 Å². The van der Waals surface area contributed by atoms with E-state index in [9.17, 15) is 9.59 Å². The number of rotatable bonds is 12. The average Bonchev–Trinajstić information content (AvgIpc) is 3.40. The van der Waals surface area contributed by atoms with Crippen LogP contribution < -0.4 is 15.8 Å². The topological polar surface area (TPSA) is 84.7 Å². The van der Waals surface area contributed by atoms with Crippen LogP contribution >= 0.6 is 11.8 Å². The lowest BCUT2D eigenvalue weighted by Crippen LogP contribution is -2.38. The van der Waals surface area contributed by atoms with E-state index in [0.29, 0.717) is 24.9 Å². The van der Waals surface area contributed by atoms with Gasteiger partial charge in [0.2, 0.25) is 11.8 Å². The Morgan fingerprint density at radius 3 is 2.15 bits per heavy atom. The van der Waals surface area contributed by atoms with Gasteiger partial charge in [-0.3, -0.25) is 9.59 Å². The Morgan fingerprint density at radius 2 is 1.52 bits per heavy atom. The number of carbonyl (C=O) groups is 2. The number of nitrogens with two attached hydrogens (primary N) is 1. The van der Waals surface area contributed by atoms with Crippen LogP contribution in [0.2, 0.25) is 0 Å². The molecule has 4 aromatic carbocycles. The van der Waals surface area contributed by atoms with Gasteiger partial charge >= 0.3 is 0 Å². The molecule has 0 radical (unpaired) electrons. The lowest BCUT2D eigenvalue weighted by molar-refractivity contribution is -0.133. The smallest absolute Gasteiger partial charge is 0.237 e. The Labute approximate surface area is 277 Å². The highest BCUT2D eigenvalue weighted by atomic mass is 32.2. The van der Waals surface area contributed by atoms with Crippen LogP contribution in [0.4, 0.5) is 0 Å². The third kappa shape index (κ3) is 7.26. The van der Waals surface area contributed by atoms with Crippen molar-refractivity contribution in [1.29, 1.82) is 0 Å². The summed E-state index contributed by atoms with van der Waals surface area (Å²) in [5.41, 5.74) is 9.50. The zero-order valence-electron chi connectivity index (χ0n) is 26.6. The van der Waals surface area contributed by atoms with Crippen molar-refractivity contribution in [3.8, 4) is 5.75 Å². The lowest BCUT2D eigenvalue weighted by Gasteiger charge is -2.33. The Kier molecular flexibility index (Phi) is 10.6. The van der Waals surface area contributed by atoms with Crippen LogP contribution in [0.1, 0.15) is 66.5 Å². The summed E-state index contributed by atoms with van der Waals surface area (Å²) in [6.07, 6.45) is 5.33. The monoisotopic (exact) mass is 635 g/mol. The van der Waals surface area contributed by atoms with Crippen molar-refractivity contribution in [3.05, 3.63) is 114 Å². The molecular weight excluding hydrogens is 591 g/mol. The number of methoxy groups -OCH3 is 1. The number of thioether (sulfide) groups is 1. The molecule has 0 aromatic heterocycles. The third-order valence-electron chi connectivity index (χ3n) is 9.80. The molecule has 4 aromatic rings. The summed E-state index contributed by atoms with van der Waals surface area (Å²) in [7, 11) is 1.69. The maximum absolute atomic E-state index is 14.1. The van der Waals surface area contributed by atoms with Gasteiger partial charge in [-0.2, -0.15) is 0 Å². The molecule has 2 aliphatic rings. The quantitative estimate of drug-likeness (QED) is 0.171. The minimum absolute atomic E-state index is 0.0597. The molecule has 46 heavy (non-hydrogen) atoms. The molecule has 6 rings (SSSR count). The first-order valence-corrected chi connectivity index (χ1v) is 17.6. The van der Waals surface area contributed by atoms with Crippen LogP contribution in [0, 0.1) is 11.8 Å². The molecule has 1 saturated carbocycles. The summed E-state index contributed by atoms with van der Waals surface area (Å²) in [4.78, 5) is 29.6. The molecule has 240 valence electrons. The highest BCUT2D eigenvalue weighted by molar-refractivity contribution is 8.01. The number of carbonyl (C=O) groups excluding carboxylic acids is 2. The summed E-state index contributed by atoms with van der Waals surface area (Å²) in [5.74, 6) is 1.98. The van der Waals surface area contributed by atoms with Gasteiger partial charge in [-0.05, 0) is 78.6 Å². The van der Waals surface area contributed by atoms with Crippen LogP contribution in [0.15, 0.2) is 97.1 Å². The first-order valence-electron chi connectivity index (χ1n) is 16.6. The number of hydrogen-bond acceptors (Lipinski definition) is 5. The summed E-state index contributed by atoms with van der Waals surface area (Å²) >= 11 is 1.61. The van der Waals surface area contributed by atoms with Crippen molar-refractivity contribution in [2.24, 2.45) is 17.6 Å². The van der Waals surface area contributed by atoms with Gasteiger partial charge in [0.1, 0.15) is 11.1 Å². The number of hydrogen-bond donors (Lipinski definition) is 2. The van der Waals surface area contributed by atoms with Crippen molar-refractivity contribution in [3.63, 3.8) is 0 Å². The fourth-order valence-electron chi connectivity index (χ4n) is 7.28. The molecule has 7 heteroatoms. The number of nitrogens with one attached hydrogen (secondary N) is 1. The first-order chi connectivity index (χ1) is 22.6. The molecule has 2 atom stereocenters. The van der Waals surface area contributed by atoms with Gasteiger partial charge in [-0.1, -0.05) is 91.0 Å². The molecule has 0 bridgehead atoms. The van der Waals surface area contributed by atoms with E-state index in [0.717, 1.165) is 60.7 Å². The lowest BCUT2D eigenvalue weighted by atomic mass is 9.81. The number of amides is 2. The second-order valence-electron chi connectivity index (χ2n) is 12.7. The first kappa shape index (κ1) is 32.1. The van der Waals surface area contributed by atoms with Crippen molar-refractivity contribution >= 4 is 34.3 Å². The molecule has 6 nitrogen and oxygen atoms in total. The molecule has 0 spiro atoms. The second kappa shape index (κ2) is 15.2. The summed E-state index contributed by atoms with van der Waals surface area (Å²) in [5, 5.41) is 4.66.